The van der Waals surface area contributed by atoms with Crippen LogP contribution in [0.1, 0.15) is 37.7 Å². The van der Waals surface area contributed by atoms with E-state index in [9.17, 15) is 18.8 Å². The second-order valence-electron chi connectivity index (χ2n) is 8.51. The van der Waals surface area contributed by atoms with Crippen LogP contribution in [0.4, 0.5) is 4.39 Å². The minimum atomic E-state index is -0.556. The summed E-state index contributed by atoms with van der Waals surface area (Å²) in [6.07, 6.45) is 5.96. The number of aliphatic hydroxyl groups is 1. The van der Waals surface area contributed by atoms with Gasteiger partial charge >= 0.3 is 5.97 Å². The first kappa shape index (κ1) is 27.2. The smallest absolute Gasteiger partial charge is 0.309 e. The lowest BCUT2D eigenvalue weighted by Crippen LogP contribution is -2.43. The number of halogens is 1. The molecule has 34 heavy (non-hydrogen) atoms. The van der Waals surface area contributed by atoms with Crippen molar-refractivity contribution in [2.75, 3.05) is 26.3 Å². The molecule has 1 aromatic carbocycles. The van der Waals surface area contributed by atoms with Crippen LogP contribution in [-0.4, -0.2) is 60.1 Å². The van der Waals surface area contributed by atoms with Gasteiger partial charge in [-0.1, -0.05) is 24.3 Å². The summed E-state index contributed by atoms with van der Waals surface area (Å²) < 4.78 is 18.8. The van der Waals surface area contributed by atoms with E-state index in [2.05, 4.69) is 18.5 Å². The van der Waals surface area contributed by atoms with Crippen molar-refractivity contribution < 1.29 is 28.6 Å². The Morgan fingerprint density at radius 2 is 1.85 bits per heavy atom. The molecule has 0 aromatic heterocycles. The van der Waals surface area contributed by atoms with Crippen LogP contribution in [0, 0.1) is 17.7 Å². The Kier molecular flexibility index (Phi) is 11.5. The second-order valence-corrected chi connectivity index (χ2v) is 8.51. The zero-order valence-electron chi connectivity index (χ0n) is 19.6. The minimum Gasteiger partial charge on any atom is -0.463 e. The van der Waals surface area contributed by atoms with Gasteiger partial charge in [-0.25, -0.2) is 4.39 Å². The average molecular weight is 475 g/mol. The number of nitrogens with one attached hydrogen (secondary N) is 1. The van der Waals surface area contributed by atoms with Crippen LogP contribution < -0.4 is 5.32 Å². The van der Waals surface area contributed by atoms with E-state index in [-0.39, 0.29) is 55.8 Å². The van der Waals surface area contributed by atoms with Gasteiger partial charge in [0.25, 0.3) is 0 Å². The highest BCUT2D eigenvalue weighted by atomic mass is 19.1. The van der Waals surface area contributed by atoms with E-state index in [1.54, 1.807) is 29.2 Å². The number of amides is 2. The van der Waals surface area contributed by atoms with E-state index < -0.39 is 11.8 Å². The van der Waals surface area contributed by atoms with Crippen LogP contribution in [0.25, 0.3) is 0 Å². The van der Waals surface area contributed by atoms with Gasteiger partial charge in [-0.3, -0.25) is 14.4 Å². The molecule has 2 rings (SSSR count). The maximum absolute atomic E-state index is 13.2. The van der Waals surface area contributed by atoms with Gasteiger partial charge in [-0.15, -0.1) is 13.2 Å². The maximum atomic E-state index is 13.2. The molecule has 1 aromatic rings. The van der Waals surface area contributed by atoms with Crippen LogP contribution in [0.3, 0.4) is 0 Å². The van der Waals surface area contributed by atoms with Crippen molar-refractivity contribution in [1.29, 1.82) is 0 Å². The number of aliphatic hydroxyl groups excluding tert-OH is 1. The summed E-state index contributed by atoms with van der Waals surface area (Å²) in [6.45, 7) is 8.00. The van der Waals surface area contributed by atoms with Gasteiger partial charge in [-0.05, 0) is 49.8 Å². The van der Waals surface area contributed by atoms with Crippen molar-refractivity contribution in [1.82, 2.24) is 10.2 Å². The number of nitrogens with zero attached hydrogens (tertiary/aromatic N) is 1. The molecule has 1 aliphatic rings. The number of esters is 1. The molecule has 0 spiro atoms. The lowest BCUT2D eigenvalue weighted by atomic mass is 9.96. The molecule has 1 fully saturated rings. The maximum Gasteiger partial charge on any atom is 0.309 e. The Balaban J connectivity index is 1.97. The molecule has 8 heteroatoms. The molecule has 0 radical (unpaired) electrons. The van der Waals surface area contributed by atoms with Crippen LogP contribution in [0.15, 0.2) is 49.6 Å². The Morgan fingerprint density at radius 1 is 1.18 bits per heavy atom. The van der Waals surface area contributed by atoms with Crippen molar-refractivity contribution in [3.63, 3.8) is 0 Å². The van der Waals surface area contributed by atoms with E-state index in [1.807, 2.05) is 0 Å². The number of benzene rings is 1. The fourth-order valence-electron chi connectivity index (χ4n) is 4.16. The third kappa shape index (κ3) is 8.41. The van der Waals surface area contributed by atoms with Gasteiger partial charge in [0, 0.05) is 19.5 Å². The standard InChI is InChI=1S/C26H35FN2O5/c1-3-6-20(17-24(31)28-13-15-30)25(32)29-14-5-8-23(29)18-34-26(33)21(7-4-2)16-19-9-11-22(27)12-10-19/h3-4,9-12,20-21,23,30H,1-2,5-8,13-18H2,(H,28,31)/t20-,21+,23+/m1/s1. The third-order valence-electron chi connectivity index (χ3n) is 5.92. The molecule has 1 aliphatic heterocycles. The number of carbonyl (C=O) groups excluding carboxylic acids is 3. The van der Waals surface area contributed by atoms with E-state index in [0.29, 0.717) is 32.2 Å². The van der Waals surface area contributed by atoms with Gasteiger partial charge in [0.05, 0.1) is 24.5 Å². The van der Waals surface area contributed by atoms with E-state index in [4.69, 9.17) is 9.84 Å². The van der Waals surface area contributed by atoms with Crippen LogP contribution >= 0.6 is 0 Å². The molecule has 0 aliphatic carbocycles. The van der Waals surface area contributed by atoms with Gasteiger partial charge in [0.15, 0.2) is 0 Å². The summed E-state index contributed by atoms with van der Waals surface area (Å²) in [5.74, 6) is -2.18. The number of allylic oxidation sites excluding steroid dienone is 2. The lowest BCUT2D eigenvalue weighted by molar-refractivity contribution is -0.152. The number of rotatable bonds is 14. The summed E-state index contributed by atoms with van der Waals surface area (Å²) in [4.78, 5) is 39.7. The molecule has 7 nitrogen and oxygen atoms in total. The highest BCUT2D eigenvalue weighted by molar-refractivity contribution is 5.86. The van der Waals surface area contributed by atoms with E-state index in [0.717, 1.165) is 12.0 Å². The molecular weight excluding hydrogens is 439 g/mol. The summed E-state index contributed by atoms with van der Waals surface area (Å²) in [6, 6.07) is 5.76. The van der Waals surface area contributed by atoms with Gasteiger partial charge in [0.1, 0.15) is 12.4 Å². The Bertz CT molecular complexity index is 842. The predicted octanol–water partition coefficient (Wildman–Crippen LogP) is 2.79. The van der Waals surface area contributed by atoms with Crippen LogP contribution in [0.2, 0.25) is 0 Å². The quantitative estimate of drug-likeness (QED) is 0.319. The molecule has 186 valence electrons. The number of hydrogen-bond acceptors (Lipinski definition) is 5. The fourth-order valence-corrected chi connectivity index (χ4v) is 4.16. The summed E-state index contributed by atoms with van der Waals surface area (Å²) >= 11 is 0. The van der Waals surface area contributed by atoms with Gasteiger partial charge in [0.2, 0.25) is 11.8 Å². The number of ether oxygens (including phenoxy) is 1. The molecule has 1 saturated heterocycles. The predicted molar refractivity (Wildman–Crippen MR) is 127 cm³/mol. The second kappa shape index (κ2) is 14.3. The van der Waals surface area contributed by atoms with E-state index in [1.165, 1.54) is 12.1 Å². The molecule has 2 N–H and O–H groups in total. The summed E-state index contributed by atoms with van der Waals surface area (Å²) in [7, 11) is 0. The van der Waals surface area contributed by atoms with Crippen molar-refractivity contribution in [3.05, 3.63) is 61.0 Å². The normalized spacial score (nSPS) is 17.0. The highest BCUT2D eigenvalue weighted by Crippen LogP contribution is 2.24. The van der Waals surface area contributed by atoms with Crippen molar-refractivity contribution in [2.45, 2.75) is 44.6 Å². The van der Waals surface area contributed by atoms with Crippen molar-refractivity contribution in [3.8, 4) is 0 Å². The van der Waals surface area contributed by atoms with E-state index >= 15 is 0 Å². The highest BCUT2D eigenvalue weighted by Gasteiger charge is 2.34. The van der Waals surface area contributed by atoms with Gasteiger partial charge in [-0.2, -0.15) is 0 Å². The van der Waals surface area contributed by atoms with Crippen molar-refractivity contribution in [2.24, 2.45) is 11.8 Å². The summed E-state index contributed by atoms with van der Waals surface area (Å²) in [5, 5.41) is 11.4. The zero-order valence-corrected chi connectivity index (χ0v) is 19.6. The topological polar surface area (TPSA) is 95.9 Å². The number of likely N-dealkylation sites (tertiary alicyclic amines) is 1. The molecule has 1 heterocycles. The van der Waals surface area contributed by atoms with Crippen molar-refractivity contribution >= 4 is 17.8 Å². The number of carbonyl (C=O) groups is 3. The average Bonchev–Trinajstić information content (AvgIpc) is 3.30. The first-order chi connectivity index (χ1) is 16.4. The van der Waals surface area contributed by atoms with Crippen LogP contribution in [0.5, 0.6) is 0 Å². The monoisotopic (exact) mass is 474 g/mol. The summed E-state index contributed by atoms with van der Waals surface area (Å²) in [5.41, 5.74) is 0.828. The minimum absolute atomic E-state index is 0.00688. The lowest BCUT2D eigenvalue weighted by Gasteiger charge is -2.28. The Labute approximate surface area is 200 Å². The molecule has 0 unspecified atom stereocenters. The third-order valence-corrected chi connectivity index (χ3v) is 5.92. The molecule has 0 saturated carbocycles. The molecule has 0 bridgehead atoms. The first-order valence-corrected chi connectivity index (χ1v) is 11.7. The molecule has 3 atom stereocenters. The largest absolute Gasteiger partial charge is 0.463 e. The molecule has 2 amide bonds. The Morgan fingerprint density at radius 3 is 2.50 bits per heavy atom. The first-order valence-electron chi connectivity index (χ1n) is 11.7. The van der Waals surface area contributed by atoms with Crippen LogP contribution in [-0.2, 0) is 25.5 Å². The molecular formula is C26H35FN2O5. The SMILES string of the molecule is C=CC[C@@H](Cc1ccc(F)cc1)C(=O)OC[C@@H]1CCCN1C(=O)[C@H](CC=C)CC(=O)NCCO. The Hall–Kier alpha value is -3.00. The van der Waals surface area contributed by atoms with Gasteiger partial charge < -0.3 is 20.1 Å². The fraction of sp³-hybridized carbons (Fsp3) is 0.500. The zero-order chi connectivity index (χ0) is 24.9. The number of hydrogen-bond donors (Lipinski definition) is 2.